The number of aryl methyl sites for hydroxylation is 2. The average Bonchev–Trinajstić information content (AvgIpc) is 4.03. The zero-order chi connectivity index (χ0) is 50.7. The van der Waals surface area contributed by atoms with E-state index in [0.29, 0.717) is 34.9 Å². The Balaban J connectivity index is 1.18. The first-order valence-corrected chi connectivity index (χ1v) is 25.5. The molecule has 0 N–H and O–H groups in total. The lowest BCUT2D eigenvalue weighted by Crippen LogP contribution is -2.09. The van der Waals surface area contributed by atoms with E-state index in [-0.39, 0.29) is 0 Å². The zero-order valence-corrected chi connectivity index (χ0v) is 41.7. The van der Waals surface area contributed by atoms with Crippen LogP contribution in [0.25, 0.3) is 134 Å². The summed E-state index contributed by atoms with van der Waals surface area (Å²) < 4.78 is 4.83. The highest BCUT2D eigenvalue weighted by Crippen LogP contribution is 2.45. The summed E-state index contributed by atoms with van der Waals surface area (Å²) in [6.07, 6.45) is 0. The molecule has 0 unspecified atom stereocenters. The van der Waals surface area contributed by atoms with Crippen LogP contribution in [0.4, 0.5) is 0 Å². The summed E-state index contributed by atoms with van der Waals surface area (Å²) in [6.45, 7) is 4.32. The minimum Gasteiger partial charge on any atom is -0.307 e. The third-order valence-corrected chi connectivity index (χ3v) is 14.3. The number of para-hydroxylation sites is 1. The van der Waals surface area contributed by atoms with E-state index < -0.39 is 0 Å². The van der Waals surface area contributed by atoms with Gasteiger partial charge in [-0.1, -0.05) is 199 Å². The van der Waals surface area contributed by atoms with Crippen LogP contribution in [0.15, 0.2) is 243 Å². The molecular formula is C68H46N8. The molecule has 0 amide bonds. The first-order chi connectivity index (χ1) is 37.5. The molecule has 8 heteroatoms. The quantitative estimate of drug-likeness (QED) is 0.143. The Bertz CT molecular complexity index is 4340. The minimum atomic E-state index is 0.493. The summed E-state index contributed by atoms with van der Waals surface area (Å²) in [5.74, 6) is 3.23. The first-order valence-electron chi connectivity index (χ1n) is 25.5. The van der Waals surface area contributed by atoms with Crippen molar-refractivity contribution in [2.75, 3.05) is 0 Å². The molecule has 0 aliphatic rings. The van der Waals surface area contributed by atoms with Crippen LogP contribution in [0.3, 0.4) is 0 Å². The Hall–Kier alpha value is -10.2. The molecule has 0 fully saturated rings. The van der Waals surface area contributed by atoms with E-state index in [4.69, 9.17) is 29.9 Å². The van der Waals surface area contributed by atoms with Gasteiger partial charge in [0.2, 0.25) is 0 Å². The number of aromatic nitrogens is 8. The van der Waals surface area contributed by atoms with Crippen LogP contribution in [0.5, 0.6) is 0 Å². The van der Waals surface area contributed by atoms with Crippen LogP contribution in [-0.2, 0) is 0 Å². The Kier molecular flexibility index (Phi) is 10.8. The summed E-state index contributed by atoms with van der Waals surface area (Å²) >= 11 is 0. The number of rotatable bonds is 9. The summed E-state index contributed by atoms with van der Waals surface area (Å²) in [5, 5.41) is 4.55. The predicted molar refractivity (Wildman–Crippen MR) is 309 cm³/mol. The Morgan fingerprint density at radius 3 is 1.11 bits per heavy atom. The monoisotopic (exact) mass is 974 g/mol. The van der Waals surface area contributed by atoms with E-state index in [1.807, 2.05) is 97.1 Å². The van der Waals surface area contributed by atoms with Crippen molar-refractivity contribution in [2.45, 2.75) is 13.8 Å². The highest BCUT2D eigenvalue weighted by Gasteiger charge is 2.28. The maximum atomic E-state index is 5.52. The Morgan fingerprint density at radius 2 is 0.618 bits per heavy atom. The number of hydrogen-bond donors (Lipinski definition) is 0. The van der Waals surface area contributed by atoms with Crippen LogP contribution in [0.2, 0.25) is 0 Å². The van der Waals surface area contributed by atoms with E-state index >= 15 is 0 Å². The fraction of sp³-hybridized carbons (Fsp3) is 0.0294. The van der Waals surface area contributed by atoms with Crippen molar-refractivity contribution in [1.29, 1.82) is 0 Å². The molecule has 8 nitrogen and oxygen atoms in total. The van der Waals surface area contributed by atoms with Crippen molar-refractivity contribution in [3.63, 3.8) is 0 Å². The van der Waals surface area contributed by atoms with Gasteiger partial charge in [-0.15, -0.1) is 0 Å². The van der Waals surface area contributed by atoms with Crippen LogP contribution < -0.4 is 0 Å². The minimum absolute atomic E-state index is 0.493. The van der Waals surface area contributed by atoms with Crippen LogP contribution in [0.1, 0.15) is 11.1 Å². The molecule has 0 bridgehead atoms. The van der Waals surface area contributed by atoms with Gasteiger partial charge in [0, 0.05) is 54.9 Å². The topological polar surface area (TPSA) is 87.2 Å². The molecule has 0 spiro atoms. The molecule has 0 aliphatic heterocycles. The molecule has 10 aromatic carbocycles. The van der Waals surface area contributed by atoms with Gasteiger partial charge >= 0.3 is 0 Å². The molecule has 0 atom stereocenters. The second-order valence-corrected chi connectivity index (χ2v) is 19.3. The second kappa shape index (κ2) is 18.4. The van der Waals surface area contributed by atoms with Gasteiger partial charge in [0.05, 0.1) is 33.4 Å². The average molecular weight is 975 g/mol. The van der Waals surface area contributed by atoms with E-state index in [1.54, 1.807) is 0 Å². The number of nitrogens with zero attached hydrogens (tertiary/aromatic N) is 8. The molecular weight excluding hydrogens is 929 g/mol. The lowest BCUT2D eigenvalue weighted by Gasteiger charge is -2.22. The smallest absolute Gasteiger partial charge is 0.166 e. The fourth-order valence-electron chi connectivity index (χ4n) is 10.7. The van der Waals surface area contributed by atoms with Crippen molar-refractivity contribution in [1.82, 2.24) is 39.0 Å². The fourth-order valence-corrected chi connectivity index (χ4v) is 10.7. The molecule has 14 aromatic rings. The van der Waals surface area contributed by atoms with Gasteiger partial charge in [0.1, 0.15) is 0 Å². The van der Waals surface area contributed by atoms with Crippen molar-refractivity contribution < 1.29 is 0 Å². The lowest BCUT2D eigenvalue weighted by molar-refractivity contribution is 1.04. The zero-order valence-electron chi connectivity index (χ0n) is 41.7. The maximum Gasteiger partial charge on any atom is 0.166 e. The molecule has 0 saturated carbocycles. The molecule has 76 heavy (non-hydrogen) atoms. The van der Waals surface area contributed by atoms with Crippen molar-refractivity contribution in [3.8, 4) is 90.8 Å². The third kappa shape index (κ3) is 7.79. The molecule has 0 saturated heterocycles. The van der Waals surface area contributed by atoms with Crippen molar-refractivity contribution >= 4 is 43.6 Å². The van der Waals surface area contributed by atoms with Crippen molar-refractivity contribution in [2.24, 2.45) is 0 Å². The highest BCUT2D eigenvalue weighted by molar-refractivity contribution is 6.13. The second-order valence-electron chi connectivity index (χ2n) is 19.3. The predicted octanol–water partition coefficient (Wildman–Crippen LogP) is 16.5. The first kappa shape index (κ1) is 44.5. The van der Waals surface area contributed by atoms with Gasteiger partial charge in [-0.25, -0.2) is 29.9 Å². The standard InChI is InChI=1S/C68H46N8/c1-43-32-35-59-53(38-43)54-39-44(2)33-36-60(54)76(59)62-56(68-73-65(48-26-14-6-15-27-48)70-66(74-68)49-28-16-7-17-29-49)41-51(67-71-63(46-22-10-4-11-23-46)69-64(72-67)47-24-12-5-13-25-47)42-61(62)75-57-31-19-18-30-52(57)55-40-50(34-37-58(55)75)45-20-8-3-9-21-45/h3-42H,1-2H3. The van der Waals surface area contributed by atoms with Gasteiger partial charge in [-0.2, -0.15) is 0 Å². The molecule has 0 radical (unpaired) electrons. The molecule has 4 heterocycles. The number of hydrogen-bond acceptors (Lipinski definition) is 6. The summed E-state index contributed by atoms with van der Waals surface area (Å²) in [5.41, 5.74) is 15.6. The molecule has 0 aliphatic carbocycles. The summed E-state index contributed by atoms with van der Waals surface area (Å²) in [4.78, 5) is 32.1. The van der Waals surface area contributed by atoms with E-state index in [1.165, 1.54) is 11.1 Å². The van der Waals surface area contributed by atoms with Crippen molar-refractivity contribution in [3.05, 3.63) is 254 Å². The van der Waals surface area contributed by atoms with Crippen LogP contribution >= 0.6 is 0 Å². The third-order valence-electron chi connectivity index (χ3n) is 14.3. The van der Waals surface area contributed by atoms with Gasteiger partial charge in [-0.3, -0.25) is 0 Å². The Morgan fingerprint density at radius 1 is 0.250 bits per heavy atom. The van der Waals surface area contributed by atoms with Crippen LogP contribution in [0, 0.1) is 13.8 Å². The summed E-state index contributed by atoms with van der Waals surface area (Å²) in [7, 11) is 0. The van der Waals surface area contributed by atoms with Gasteiger partial charge in [0.15, 0.2) is 34.9 Å². The largest absolute Gasteiger partial charge is 0.307 e. The molecule has 358 valence electrons. The van der Waals surface area contributed by atoms with Crippen LogP contribution in [-0.4, -0.2) is 39.0 Å². The van der Waals surface area contributed by atoms with Gasteiger partial charge in [0.25, 0.3) is 0 Å². The maximum absolute atomic E-state index is 5.52. The van der Waals surface area contributed by atoms with Gasteiger partial charge < -0.3 is 9.13 Å². The number of fused-ring (bicyclic) bond motifs is 6. The Labute approximate surface area is 439 Å². The SMILES string of the molecule is Cc1ccc2c(c1)c1cc(C)ccc1n2-c1c(-c2nc(-c3ccccc3)nc(-c3ccccc3)n2)cc(-c2nc(-c3ccccc3)nc(-c3ccccc3)n2)cc1-n1c2ccccc2c2cc(-c3ccccc3)ccc21. The normalized spacial score (nSPS) is 11.6. The number of benzene rings is 10. The molecule has 4 aromatic heterocycles. The molecule has 14 rings (SSSR count). The summed E-state index contributed by atoms with van der Waals surface area (Å²) in [6, 6.07) is 84.7. The van der Waals surface area contributed by atoms with E-state index in [9.17, 15) is 0 Å². The van der Waals surface area contributed by atoms with E-state index in [0.717, 1.165) is 99.5 Å². The van der Waals surface area contributed by atoms with E-state index in [2.05, 4.69) is 169 Å². The highest BCUT2D eigenvalue weighted by atomic mass is 15.1. The van der Waals surface area contributed by atoms with Gasteiger partial charge in [-0.05, 0) is 79.6 Å². The lowest BCUT2D eigenvalue weighted by atomic mass is 10.0.